The first-order chi connectivity index (χ1) is 7.27. The van der Waals surface area contributed by atoms with Gasteiger partial charge in [-0.05, 0) is 24.1 Å². The van der Waals surface area contributed by atoms with Gasteiger partial charge in [0, 0.05) is 0 Å². The van der Waals surface area contributed by atoms with E-state index >= 15 is 0 Å². The first-order valence-corrected chi connectivity index (χ1v) is 4.65. The second-order valence-electron chi connectivity index (χ2n) is 3.06. The van der Waals surface area contributed by atoms with Crippen LogP contribution in [0, 0.1) is 17.1 Å². The van der Waals surface area contributed by atoms with Gasteiger partial charge in [0.05, 0.1) is 18.8 Å². The smallest absolute Gasteiger partial charge is 0.140 e. The summed E-state index contributed by atoms with van der Waals surface area (Å²) in [6, 6.07) is 6.19. The van der Waals surface area contributed by atoms with Crippen LogP contribution in [-0.2, 0) is 11.3 Å². The first kappa shape index (κ1) is 11.4. The van der Waals surface area contributed by atoms with Crippen LogP contribution in [-0.4, -0.2) is 6.61 Å². The van der Waals surface area contributed by atoms with E-state index in [1.165, 1.54) is 12.1 Å². The minimum Gasteiger partial charge on any atom is -0.376 e. The Morgan fingerprint density at radius 2 is 2.33 bits per heavy atom. The van der Waals surface area contributed by atoms with Crippen LogP contribution in [0.5, 0.6) is 0 Å². The molecule has 0 amide bonds. The summed E-state index contributed by atoms with van der Waals surface area (Å²) in [5, 5.41) is 8.61. The Morgan fingerprint density at radius 1 is 1.53 bits per heavy atom. The van der Waals surface area contributed by atoms with Crippen LogP contribution in [0.2, 0.25) is 0 Å². The van der Waals surface area contributed by atoms with Crippen LogP contribution in [0.1, 0.15) is 17.5 Å². The lowest BCUT2D eigenvalue weighted by Gasteiger charge is -2.03. The van der Waals surface area contributed by atoms with Gasteiger partial charge < -0.3 is 4.74 Å². The maximum absolute atomic E-state index is 12.9. The summed E-state index contributed by atoms with van der Waals surface area (Å²) in [4.78, 5) is 0. The highest BCUT2D eigenvalue weighted by molar-refractivity contribution is 5.34. The molecule has 0 radical (unpaired) electrons. The van der Waals surface area contributed by atoms with Gasteiger partial charge in [0.15, 0.2) is 0 Å². The van der Waals surface area contributed by atoms with E-state index in [1.807, 2.05) is 0 Å². The number of halogens is 1. The molecule has 0 aliphatic rings. The fraction of sp³-hybridized carbons (Fsp3) is 0.250. The van der Waals surface area contributed by atoms with Crippen molar-refractivity contribution >= 4 is 0 Å². The number of benzene rings is 1. The average Bonchev–Trinajstić information content (AvgIpc) is 2.26. The topological polar surface area (TPSA) is 33.0 Å². The zero-order valence-electron chi connectivity index (χ0n) is 8.37. The molecule has 0 aliphatic heterocycles. The van der Waals surface area contributed by atoms with Crippen molar-refractivity contribution in [3.63, 3.8) is 0 Å². The number of nitrogens with zero attached hydrogens (tertiary/aromatic N) is 1. The van der Waals surface area contributed by atoms with Gasteiger partial charge in [-0.15, -0.1) is 6.58 Å². The van der Waals surface area contributed by atoms with E-state index in [0.717, 1.165) is 12.0 Å². The number of ether oxygens (including phenoxy) is 1. The molecule has 3 heteroatoms. The molecule has 0 saturated carbocycles. The van der Waals surface area contributed by atoms with Crippen molar-refractivity contribution in [3.8, 4) is 6.07 Å². The molecule has 2 nitrogen and oxygen atoms in total. The first-order valence-electron chi connectivity index (χ1n) is 4.65. The van der Waals surface area contributed by atoms with Gasteiger partial charge in [-0.25, -0.2) is 4.39 Å². The SMILES string of the molecule is C=CCCOCc1ccc(F)c(C#N)c1. The maximum Gasteiger partial charge on any atom is 0.140 e. The van der Waals surface area contributed by atoms with Crippen LogP contribution < -0.4 is 0 Å². The fourth-order valence-electron chi connectivity index (χ4n) is 1.10. The summed E-state index contributed by atoms with van der Waals surface area (Å²) in [5.74, 6) is -0.493. The second kappa shape index (κ2) is 5.94. The molecule has 0 saturated heterocycles. The second-order valence-corrected chi connectivity index (χ2v) is 3.06. The van der Waals surface area contributed by atoms with Gasteiger partial charge in [0.2, 0.25) is 0 Å². The fourth-order valence-corrected chi connectivity index (χ4v) is 1.10. The normalized spacial score (nSPS) is 9.60. The van der Waals surface area contributed by atoms with Crippen molar-refractivity contribution in [2.75, 3.05) is 6.61 Å². The molecule has 15 heavy (non-hydrogen) atoms. The highest BCUT2D eigenvalue weighted by atomic mass is 19.1. The van der Waals surface area contributed by atoms with E-state index in [9.17, 15) is 4.39 Å². The van der Waals surface area contributed by atoms with Gasteiger partial charge in [0.1, 0.15) is 11.9 Å². The molecular formula is C12H12FNO. The Hall–Kier alpha value is -1.66. The van der Waals surface area contributed by atoms with Gasteiger partial charge in [0.25, 0.3) is 0 Å². The van der Waals surface area contributed by atoms with Gasteiger partial charge in [-0.3, -0.25) is 0 Å². The molecule has 0 aliphatic carbocycles. The monoisotopic (exact) mass is 205 g/mol. The number of hydrogen-bond donors (Lipinski definition) is 0. The van der Waals surface area contributed by atoms with E-state index in [0.29, 0.717) is 13.2 Å². The lowest BCUT2D eigenvalue weighted by Crippen LogP contribution is -1.95. The Labute approximate surface area is 88.6 Å². The minimum atomic E-state index is -0.493. The standard InChI is InChI=1S/C12H12FNO/c1-2-3-6-15-9-10-4-5-12(13)11(7-10)8-14/h2,4-5,7H,1,3,6,9H2. The van der Waals surface area contributed by atoms with Crippen LogP contribution in [0.3, 0.4) is 0 Å². The van der Waals surface area contributed by atoms with E-state index in [2.05, 4.69) is 6.58 Å². The Balaban J connectivity index is 2.55. The summed E-state index contributed by atoms with van der Waals surface area (Å²) < 4.78 is 18.2. The summed E-state index contributed by atoms with van der Waals surface area (Å²) in [6.45, 7) is 4.55. The van der Waals surface area contributed by atoms with Crippen molar-refractivity contribution in [2.24, 2.45) is 0 Å². The third kappa shape index (κ3) is 3.53. The molecular weight excluding hydrogens is 193 g/mol. The number of hydrogen-bond acceptors (Lipinski definition) is 2. The summed E-state index contributed by atoms with van der Waals surface area (Å²) in [7, 11) is 0. The molecule has 78 valence electrons. The predicted octanol–water partition coefficient (Wildman–Crippen LogP) is 2.79. The predicted molar refractivity (Wildman–Crippen MR) is 55.6 cm³/mol. The Kier molecular flexibility index (Phi) is 4.52. The van der Waals surface area contributed by atoms with Crippen LogP contribution in [0.25, 0.3) is 0 Å². The van der Waals surface area contributed by atoms with Gasteiger partial charge in [-0.1, -0.05) is 12.1 Å². The van der Waals surface area contributed by atoms with Crippen molar-refractivity contribution < 1.29 is 9.13 Å². The van der Waals surface area contributed by atoms with Gasteiger partial charge in [-0.2, -0.15) is 5.26 Å². The van der Waals surface area contributed by atoms with Crippen LogP contribution in [0.15, 0.2) is 30.9 Å². The molecule has 0 bridgehead atoms. The Morgan fingerprint density at radius 3 is 3.00 bits per heavy atom. The molecule has 1 aromatic rings. The molecule has 0 spiro atoms. The van der Waals surface area contributed by atoms with Crippen LogP contribution in [0.4, 0.5) is 4.39 Å². The third-order valence-electron chi connectivity index (χ3n) is 1.89. The van der Waals surface area contributed by atoms with Crippen molar-refractivity contribution in [1.82, 2.24) is 0 Å². The average molecular weight is 205 g/mol. The van der Waals surface area contributed by atoms with Crippen molar-refractivity contribution in [3.05, 3.63) is 47.8 Å². The number of rotatable bonds is 5. The molecule has 0 N–H and O–H groups in total. The van der Waals surface area contributed by atoms with Crippen molar-refractivity contribution in [1.29, 1.82) is 5.26 Å². The molecule has 0 aromatic heterocycles. The zero-order valence-corrected chi connectivity index (χ0v) is 8.37. The van der Waals surface area contributed by atoms with E-state index < -0.39 is 5.82 Å². The van der Waals surface area contributed by atoms with Crippen LogP contribution >= 0.6 is 0 Å². The third-order valence-corrected chi connectivity index (χ3v) is 1.89. The summed E-state index contributed by atoms with van der Waals surface area (Å²) >= 11 is 0. The van der Waals surface area contributed by atoms with E-state index in [1.54, 1.807) is 18.2 Å². The zero-order chi connectivity index (χ0) is 11.1. The van der Waals surface area contributed by atoms with Crippen molar-refractivity contribution in [2.45, 2.75) is 13.0 Å². The number of nitriles is 1. The Bertz CT molecular complexity index is 382. The van der Waals surface area contributed by atoms with Gasteiger partial charge >= 0.3 is 0 Å². The quantitative estimate of drug-likeness (QED) is 0.547. The lowest BCUT2D eigenvalue weighted by molar-refractivity contribution is 0.125. The molecule has 0 heterocycles. The maximum atomic E-state index is 12.9. The summed E-state index contributed by atoms with van der Waals surface area (Å²) in [6.07, 6.45) is 2.55. The highest BCUT2D eigenvalue weighted by Gasteiger charge is 2.02. The van der Waals surface area contributed by atoms with E-state index in [4.69, 9.17) is 10.00 Å². The molecule has 1 rings (SSSR count). The molecule has 0 fully saturated rings. The highest BCUT2D eigenvalue weighted by Crippen LogP contribution is 2.10. The molecule has 1 aromatic carbocycles. The minimum absolute atomic E-state index is 0.0554. The van der Waals surface area contributed by atoms with E-state index in [-0.39, 0.29) is 5.56 Å². The lowest BCUT2D eigenvalue weighted by atomic mass is 10.1. The largest absolute Gasteiger partial charge is 0.376 e. The summed E-state index contributed by atoms with van der Waals surface area (Å²) in [5.41, 5.74) is 0.858. The molecule has 0 unspecified atom stereocenters. The molecule has 0 atom stereocenters.